The molecule has 7 rings (SSSR count). The van der Waals surface area contributed by atoms with E-state index in [0.29, 0.717) is 6.42 Å². The molecule has 1 saturated heterocycles. The van der Waals surface area contributed by atoms with Crippen molar-refractivity contribution in [2.75, 3.05) is 47.0 Å². The van der Waals surface area contributed by atoms with Gasteiger partial charge in [0.1, 0.15) is 12.2 Å². The smallest absolute Gasteiger partial charge is 0.247 e. The van der Waals surface area contributed by atoms with Gasteiger partial charge in [-0.3, -0.25) is 9.78 Å². The van der Waals surface area contributed by atoms with Crippen LogP contribution in [0.25, 0.3) is 11.1 Å². The van der Waals surface area contributed by atoms with Gasteiger partial charge < -0.3 is 25.8 Å². The van der Waals surface area contributed by atoms with Crippen LogP contribution < -0.4 is 20.9 Å². The van der Waals surface area contributed by atoms with Crippen LogP contribution in [0.5, 0.6) is 0 Å². The third-order valence-corrected chi connectivity index (χ3v) is 8.80. The van der Waals surface area contributed by atoms with Crippen LogP contribution in [0.3, 0.4) is 0 Å². The summed E-state index contributed by atoms with van der Waals surface area (Å²) >= 11 is 0. The van der Waals surface area contributed by atoms with Gasteiger partial charge in [0.25, 0.3) is 0 Å². The maximum absolute atomic E-state index is 13.0. The van der Waals surface area contributed by atoms with Crippen molar-refractivity contribution in [2.45, 2.75) is 44.3 Å². The first kappa shape index (κ1) is 26.5. The predicted octanol–water partition coefficient (Wildman–Crippen LogP) is 6.53. The standard InChI is InChI=1S/C35H38N6O/c42-35-32(22-25-8-3-1-4-9-25)37-30-24-33-31(23-29(30)39-35)38-34(41(33)21-7-20-40-18-5-2-6-19-40)28-12-10-26(11-13-28)27-14-16-36-17-15-27/h1,3-4,8-17,23-24,32,34,37-38H,2,5-7,18-22H2,(H,39,42). The Morgan fingerprint density at radius 2 is 1.52 bits per heavy atom. The summed E-state index contributed by atoms with van der Waals surface area (Å²) in [5.41, 5.74) is 8.75. The zero-order valence-corrected chi connectivity index (χ0v) is 23.9. The monoisotopic (exact) mass is 558 g/mol. The minimum absolute atomic E-state index is 0.00550. The van der Waals surface area contributed by atoms with E-state index in [1.54, 1.807) is 0 Å². The summed E-state index contributed by atoms with van der Waals surface area (Å²) in [4.78, 5) is 22.3. The lowest BCUT2D eigenvalue weighted by Gasteiger charge is -2.31. The number of hydrogen-bond acceptors (Lipinski definition) is 6. The van der Waals surface area contributed by atoms with E-state index >= 15 is 0 Å². The van der Waals surface area contributed by atoms with E-state index < -0.39 is 0 Å². The van der Waals surface area contributed by atoms with Crippen LogP contribution in [-0.4, -0.2) is 48.0 Å². The molecule has 7 heteroatoms. The Balaban J connectivity index is 1.15. The Labute approximate surface area is 248 Å². The van der Waals surface area contributed by atoms with Gasteiger partial charge in [0.15, 0.2) is 0 Å². The zero-order valence-electron chi connectivity index (χ0n) is 23.9. The van der Waals surface area contributed by atoms with Crippen LogP contribution in [0.2, 0.25) is 0 Å². The van der Waals surface area contributed by atoms with Crippen LogP contribution in [0.4, 0.5) is 22.7 Å². The zero-order chi connectivity index (χ0) is 28.3. The number of piperidine rings is 1. The molecule has 3 N–H and O–H groups in total. The highest BCUT2D eigenvalue weighted by Crippen LogP contribution is 2.46. The maximum atomic E-state index is 13.0. The van der Waals surface area contributed by atoms with E-state index in [2.05, 4.69) is 79.3 Å². The molecule has 0 aliphatic carbocycles. The second-order valence-electron chi connectivity index (χ2n) is 11.6. The number of fused-ring (bicyclic) bond motifs is 2. The number of likely N-dealkylation sites (tertiary alicyclic amines) is 1. The topological polar surface area (TPSA) is 72.5 Å². The number of anilines is 4. The number of amides is 1. The fourth-order valence-corrected chi connectivity index (χ4v) is 6.56. The highest BCUT2D eigenvalue weighted by atomic mass is 16.2. The van der Waals surface area contributed by atoms with E-state index in [0.717, 1.165) is 47.7 Å². The number of rotatable bonds is 8. The third-order valence-electron chi connectivity index (χ3n) is 8.80. The van der Waals surface area contributed by atoms with Crippen LogP contribution >= 0.6 is 0 Å². The molecule has 1 amide bonds. The normalized spacial score (nSPS) is 19.8. The van der Waals surface area contributed by atoms with E-state index in [-0.39, 0.29) is 18.1 Å². The minimum Gasteiger partial charge on any atom is -0.372 e. The van der Waals surface area contributed by atoms with Crippen molar-refractivity contribution >= 4 is 28.7 Å². The molecule has 7 nitrogen and oxygen atoms in total. The lowest BCUT2D eigenvalue weighted by atomic mass is 10.0. The molecule has 2 unspecified atom stereocenters. The lowest BCUT2D eigenvalue weighted by Crippen LogP contribution is -2.40. The summed E-state index contributed by atoms with van der Waals surface area (Å²) < 4.78 is 0. The quantitative estimate of drug-likeness (QED) is 0.228. The first-order chi connectivity index (χ1) is 20.7. The number of carbonyl (C=O) groups is 1. The Hall–Kier alpha value is -4.36. The summed E-state index contributed by atoms with van der Waals surface area (Å²) in [6.07, 6.45) is 9.42. The highest BCUT2D eigenvalue weighted by Gasteiger charge is 2.34. The average molecular weight is 559 g/mol. The molecule has 42 heavy (non-hydrogen) atoms. The van der Waals surface area contributed by atoms with Gasteiger partial charge >= 0.3 is 0 Å². The molecule has 0 saturated carbocycles. The molecule has 1 fully saturated rings. The van der Waals surface area contributed by atoms with E-state index in [1.807, 2.05) is 42.7 Å². The second-order valence-corrected chi connectivity index (χ2v) is 11.6. The van der Waals surface area contributed by atoms with Gasteiger partial charge in [0.05, 0.1) is 22.7 Å². The first-order valence-corrected chi connectivity index (χ1v) is 15.3. The fourth-order valence-electron chi connectivity index (χ4n) is 6.56. The second kappa shape index (κ2) is 11.9. The van der Waals surface area contributed by atoms with Crippen molar-refractivity contribution < 1.29 is 4.79 Å². The third kappa shape index (κ3) is 5.57. The summed E-state index contributed by atoms with van der Waals surface area (Å²) in [5, 5.41) is 10.5. The summed E-state index contributed by atoms with van der Waals surface area (Å²) in [6.45, 7) is 4.51. The number of hydrogen-bond donors (Lipinski definition) is 3. The van der Waals surface area contributed by atoms with Crippen molar-refractivity contribution in [1.82, 2.24) is 9.88 Å². The van der Waals surface area contributed by atoms with Crippen molar-refractivity contribution in [1.29, 1.82) is 0 Å². The Morgan fingerprint density at radius 3 is 2.31 bits per heavy atom. The van der Waals surface area contributed by atoms with Crippen LogP contribution in [0.1, 0.15) is 43.0 Å². The molecule has 0 spiro atoms. The fraction of sp³-hybridized carbons (Fsp3) is 0.314. The first-order valence-electron chi connectivity index (χ1n) is 15.3. The Morgan fingerprint density at radius 1 is 0.762 bits per heavy atom. The molecule has 0 bridgehead atoms. The number of carbonyl (C=O) groups excluding carboxylic acids is 1. The maximum Gasteiger partial charge on any atom is 0.247 e. The van der Waals surface area contributed by atoms with Crippen LogP contribution in [-0.2, 0) is 11.2 Å². The van der Waals surface area contributed by atoms with Gasteiger partial charge in [-0.25, -0.2) is 0 Å². The van der Waals surface area contributed by atoms with Gasteiger partial charge in [-0.1, -0.05) is 61.0 Å². The summed E-state index contributed by atoms with van der Waals surface area (Å²) in [7, 11) is 0. The number of aromatic nitrogens is 1. The number of nitrogens with zero attached hydrogens (tertiary/aromatic N) is 3. The van der Waals surface area contributed by atoms with Gasteiger partial charge in [-0.15, -0.1) is 0 Å². The summed E-state index contributed by atoms with van der Waals surface area (Å²) in [5.74, 6) is 0.00550. The Bertz CT molecular complexity index is 1520. The van der Waals surface area contributed by atoms with Gasteiger partial charge in [-0.2, -0.15) is 0 Å². The van der Waals surface area contributed by atoms with Gasteiger partial charge in [0.2, 0.25) is 5.91 Å². The molecular weight excluding hydrogens is 520 g/mol. The van der Waals surface area contributed by atoms with Gasteiger partial charge in [0, 0.05) is 25.4 Å². The lowest BCUT2D eigenvalue weighted by molar-refractivity contribution is -0.117. The molecule has 0 radical (unpaired) electrons. The Kier molecular flexibility index (Phi) is 7.49. The molecule has 1 aromatic heterocycles. The molecular formula is C35H38N6O. The van der Waals surface area contributed by atoms with E-state index in [9.17, 15) is 4.79 Å². The van der Waals surface area contributed by atoms with Crippen molar-refractivity contribution in [3.8, 4) is 11.1 Å². The van der Waals surface area contributed by atoms with Crippen molar-refractivity contribution in [2.24, 2.45) is 0 Å². The van der Waals surface area contributed by atoms with Crippen LogP contribution in [0.15, 0.2) is 91.3 Å². The van der Waals surface area contributed by atoms with Gasteiger partial charge in [-0.05, 0) is 85.4 Å². The molecule has 3 aliphatic rings. The molecule has 3 aromatic carbocycles. The number of pyridine rings is 1. The molecule has 2 atom stereocenters. The average Bonchev–Trinajstić information content (AvgIpc) is 3.39. The number of nitrogens with one attached hydrogen (secondary N) is 3. The predicted molar refractivity (Wildman–Crippen MR) is 171 cm³/mol. The largest absolute Gasteiger partial charge is 0.372 e. The SMILES string of the molecule is O=C1Nc2cc3c(cc2NC1Cc1ccccc1)N(CCCN1CCCCC1)C(c1ccc(-c2ccncc2)cc1)N3. The minimum atomic E-state index is -0.309. The highest BCUT2D eigenvalue weighted by molar-refractivity contribution is 6.05. The van der Waals surface area contributed by atoms with Crippen molar-refractivity contribution in [3.05, 3.63) is 102 Å². The molecule has 3 aliphatic heterocycles. The molecule has 214 valence electrons. The van der Waals surface area contributed by atoms with E-state index in [1.165, 1.54) is 49.2 Å². The molecule has 4 aromatic rings. The summed E-state index contributed by atoms with van der Waals surface area (Å²) in [6, 6.07) is 27.1. The number of benzene rings is 3. The molecule has 4 heterocycles. The van der Waals surface area contributed by atoms with Crippen LogP contribution in [0, 0.1) is 0 Å². The van der Waals surface area contributed by atoms with Crippen molar-refractivity contribution in [3.63, 3.8) is 0 Å². The van der Waals surface area contributed by atoms with E-state index in [4.69, 9.17) is 0 Å².